The van der Waals surface area contributed by atoms with Gasteiger partial charge in [-0.1, -0.05) is 60.7 Å². The number of hydrogen-bond acceptors (Lipinski definition) is 3. The number of aryl methyl sites for hydroxylation is 2. The Hall–Kier alpha value is -3.44. The summed E-state index contributed by atoms with van der Waals surface area (Å²) in [5.41, 5.74) is 4.80. The largest absolute Gasteiger partial charge is 0.478 e. The maximum absolute atomic E-state index is 13.3. The van der Waals surface area contributed by atoms with Gasteiger partial charge in [-0.3, -0.25) is 9.63 Å². The second kappa shape index (κ2) is 9.37. The molecule has 154 valence electrons. The lowest BCUT2D eigenvalue weighted by Crippen LogP contribution is -2.28. The molecule has 3 aromatic rings. The maximum atomic E-state index is 13.3. The van der Waals surface area contributed by atoms with E-state index in [1.807, 2.05) is 61.5 Å². The van der Waals surface area contributed by atoms with Crippen molar-refractivity contribution >= 4 is 11.9 Å². The minimum atomic E-state index is -1.05. The molecular formula is C25H25NO4. The Labute approximate surface area is 176 Å². The third-order valence-corrected chi connectivity index (χ3v) is 5.31. The molecule has 0 aromatic heterocycles. The molecule has 0 heterocycles. The van der Waals surface area contributed by atoms with E-state index >= 15 is 0 Å². The molecule has 0 aliphatic carbocycles. The monoisotopic (exact) mass is 403 g/mol. The first-order valence-corrected chi connectivity index (χ1v) is 9.75. The first-order chi connectivity index (χ1) is 14.4. The zero-order chi connectivity index (χ0) is 21.7. The standard InChI is InChI=1S/C25H25NO4/c1-17-9-7-8-10-18(17)13-14-21-22(25(28)29)16-15-20(19-11-5-4-6-12-19)23(21)24(27)26(2)30-3/h4-12,15-16H,13-14H2,1-3H3,(H,28,29). The van der Waals surface area contributed by atoms with Crippen LogP contribution in [0.15, 0.2) is 66.7 Å². The molecule has 0 bridgehead atoms. The summed E-state index contributed by atoms with van der Waals surface area (Å²) in [6, 6.07) is 20.8. The molecule has 1 N–H and O–H groups in total. The van der Waals surface area contributed by atoms with Gasteiger partial charge in [0.2, 0.25) is 0 Å². The maximum Gasteiger partial charge on any atom is 0.335 e. The van der Waals surface area contributed by atoms with E-state index in [4.69, 9.17) is 4.84 Å². The Morgan fingerprint density at radius 1 is 0.933 bits per heavy atom. The van der Waals surface area contributed by atoms with Gasteiger partial charge in [0.05, 0.1) is 18.2 Å². The van der Waals surface area contributed by atoms with Crippen molar-refractivity contribution in [2.45, 2.75) is 19.8 Å². The van der Waals surface area contributed by atoms with Gasteiger partial charge in [-0.05, 0) is 53.6 Å². The number of aromatic carboxylic acids is 1. The van der Waals surface area contributed by atoms with Gasteiger partial charge < -0.3 is 5.11 Å². The predicted molar refractivity (Wildman–Crippen MR) is 117 cm³/mol. The van der Waals surface area contributed by atoms with Gasteiger partial charge in [0, 0.05) is 7.05 Å². The number of benzene rings is 3. The first-order valence-electron chi connectivity index (χ1n) is 9.75. The molecule has 0 aliphatic heterocycles. The number of carboxylic acid groups (broad SMARTS) is 1. The van der Waals surface area contributed by atoms with Crippen LogP contribution < -0.4 is 0 Å². The summed E-state index contributed by atoms with van der Waals surface area (Å²) in [4.78, 5) is 30.4. The van der Waals surface area contributed by atoms with Crippen molar-refractivity contribution in [3.05, 3.63) is 94.5 Å². The number of amides is 1. The minimum Gasteiger partial charge on any atom is -0.478 e. The molecule has 0 spiro atoms. The van der Waals surface area contributed by atoms with Crippen LogP contribution in [0.3, 0.4) is 0 Å². The van der Waals surface area contributed by atoms with Crippen molar-refractivity contribution in [2.24, 2.45) is 0 Å². The highest BCUT2D eigenvalue weighted by Gasteiger charge is 2.25. The number of rotatable bonds is 7. The normalized spacial score (nSPS) is 10.6. The average molecular weight is 403 g/mol. The lowest BCUT2D eigenvalue weighted by molar-refractivity contribution is -0.0757. The quantitative estimate of drug-likeness (QED) is 0.577. The Bertz CT molecular complexity index is 1060. The van der Waals surface area contributed by atoms with Crippen LogP contribution in [0.5, 0.6) is 0 Å². The van der Waals surface area contributed by atoms with Crippen LogP contribution >= 0.6 is 0 Å². The topological polar surface area (TPSA) is 66.8 Å². The van der Waals surface area contributed by atoms with Gasteiger partial charge in [-0.15, -0.1) is 0 Å². The van der Waals surface area contributed by atoms with E-state index in [1.54, 1.807) is 12.1 Å². The van der Waals surface area contributed by atoms with E-state index in [9.17, 15) is 14.7 Å². The average Bonchev–Trinajstić information content (AvgIpc) is 2.77. The zero-order valence-electron chi connectivity index (χ0n) is 17.4. The van der Waals surface area contributed by atoms with Crippen molar-refractivity contribution < 1.29 is 19.5 Å². The highest BCUT2D eigenvalue weighted by Crippen LogP contribution is 2.31. The lowest BCUT2D eigenvalue weighted by Gasteiger charge is -2.21. The fourth-order valence-electron chi connectivity index (χ4n) is 3.60. The van der Waals surface area contributed by atoms with Gasteiger partial charge >= 0.3 is 5.97 Å². The van der Waals surface area contributed by atoms with Crippen molar-refractivity contribution in [3.63, 3.8) is 0 Å². The van der Waals surface area contributed by atoms with Crippen LogP contribution in [0.1, 0.15) is 37.4 Å². The number of carbonyl (C=O) groups excluding carboxylic acids is 1. The van der Waals surface area contributed by atoms with Crippen molar-refractivity contribution in [3.8, 4) is 11.1 Å². The molecule has 0 fully saturated rings. The predicted octanol–water partition coefficient (Wildman–Crippen LogP) is 4.78. The van der Waals surface area contributed by atoms with E-state index in [-0.39, 0.29) is 11.5 Å². The Kier molecular flexibility index (Phi) is 6.65. The molecule has 1 amide bonds. The Morgan fingerprint density at radius 3 is 2.23 bits per heavy atom. The van der Waals surface area contributed by atoms with Crippen molar-refractivity contribution in [1.29, 1.82) is 0 Å². The number of carboxylic acids is 1. The van der Waals surface area contributed by atoms with Gasteiger partial charge in [-0.2, -0.15) is 0 Å². The molecular weight excluding hydrogens is 378 g/mol. The van der Waals surface area contributed by atoms with Crippen LogP contribution in [0.2, 0.25) is 0 Å². The van der Waals surface area contributed by atoms with Gasteiger partial charge in [-0.25, -0.2) is 9.86 Å². The summed E-state index contributed by atoms with van der Waals surface area (Å²) in [7, 11) is 2.93. The fraction of sp³-hybridized carbons (Fsp3) is 0.200. The lowest BCUT2D eigenvalue weighted by atomic mass is 9.88. The fourth-order valence-corrected chi connectivity index (χ4v) is 3.60. The van der Waals surface area contributed by atoms with Gasteiger partial charge in [0.15, 0.2) is 0 Å². The number of hydrogen-bond donors (Lipinski definition) is 1. The summed E-state index contributed by atoms with van der Waals surface area (Å²) in [5, 5.41) is 11.0. The Morgan fingerprint density at radius 2 is 1.60 bits per heavy atom. The molecule has 5 nitrogen and oxygen atoms in total. The van der Waals surface area contributed by atoms with E-state index in [0.29, 0.717) is 29.5 Å². The molecule has 0 saturated heterocycles. The smallest absolute Gasteiger partial charge is 0.335 e. The SMILES string of the molecule is CON(C)C(=O)c1c(-c2ccccc2)ccc(C(=O)O)c1CCc1ccccc1C. The minimum absolute atomic E-state index is 0.135. The van der Waals surface area contributed by atoms with Crippen molar-refractivity contribution in [2.75, 3.05) is 14.2 Å². The molecule has 0 atom stereocenters. The van der Waals surface area contributed by atoms with Crippen LogP contribution in [0.4, 0.5) is 0 Å². The van der Waals surface area contributed by atoms with Crippen LogP contribution in [-0.4, -0.2) is 36.2 Å². The second-order valence-corrected chi connectivity index (χ2v) is 7.10. The number of hydroxylamine groups is 2. The molecule has 3 rings (SSSR count). The molecule has 0 unspecified atom stereocenters. The molecule has 30 heavy (non-hydrogen) atoms. The summed E-state index contributed by atoms with van der Waals surface area (Å²) < 4.78 is 0. The molecule has 0 aliphatic rings. The van der Waals surface area contributed by atoms with Gasteiger partial charge in [0.1, 0.15) is 0 Å². The first kappa shape index (κ1) is 21.3. The highest BCUT2D eigenvalue weighted by molar-refractivity contribution is 6.05. The highest BCUT2D eigenvalue weighted by atomic mass is 16.7. The summed E-state index contributed by atoms with van der Waals surface area (Å²) in [6.07, 6.45) is 1.05. The van der Waals surface area contributed by atoms with Crippen LogP contribution in [0, 0.1) is 6.92 Å². The summed E-state index contributed by atoms with van der Waals surface area (Å²) in [5.74, 6) is -1.43. The zero-order valence-corrected chi connectivity index (χ0v) is 17.4. The number of carbonyl (C=O) groups is 2. The molecule has 3 aromatic carbocycles. The third-order valence-electron chi connectivity index (χ3n) is 5.31. The van der Waals surface area contributed by atoms with E-state index < -0.39 is 5.97 Å². The molecule has 0 saturated carbocycles. The third kappa shape index (κ3) is 4.42. The summed E-state index contributed by atoms with van der Waals surface area (Å²) >= 11 is 0. The molecule has 0 radical (unpaired) electrons. The second-order valence-electron chi connectivity index (χ2n) is 7.10. The molecule has 5 heteroatoms. The van der Waals surface area contributed by atoms with Crippen LogP contribution in [-0.2, 0) is 17.7 Å². The Balaban J connectivity index is 2.19. The van der Waals surface area contributed by atoms with Crippen LogP contribution in [0.25, 0.3) is 11.1 Å². The van der Waals surface area contributed by atoms with E-state index in [1.165, 1.54) is 14.2 Å². The van der Waals surface area contributed by atoms with E-state index in [0.717, 1.165) is 21.8 Å². The van der Waals surface area contributed by atoms with E-state index in [2.05, 4.69) is 0 Å². The van der Waals surface area contributed by atoms with Gasteiger partial charge in [0.25, 0.3) is 5.91 Å². The number of nitrogens with zero attached hydrogens (tertiary/aromatic N) is 1. The van der Waals surface area contributed by atoms with Crippen molar-refractivity contribution in [1.82, 2.24) is 5.06 Å². The summed E-state index contributed by atoms with van der Waals surface area (Å²) in [6.45, 7) is 2.03.